The first kappa shape index (κ1) is 22.5. The van der Waals surface area contributed by atoms with Crippen LogP contribution < -0.4 is 5.48 Å². The third kappa shape index (κ3) is 6.65. The normalized spacial score (nSPS) is 12.2. The highest BCUT2D eigenvalue weighted by Crippen LogP contribution is 2.27. The van der Waals surface area contributed by atoms with Gasteiger partial charge in [0.15, 0.2) is 32.2 Å². The highest BCUT2D eigenvalue weighted by molar-refractivity contribution is 9.10. The van der Waals surface area contributed by atoms with E-state index in [0.29, 0.717) is 12.2 Å². The number of halogens is 2. The van der Waals surface area contributed by atoms with Gasteiger partial charge in [0.1, 0.15) is 17.2 Å². The van der Waals surface area contributed by atoms with Crippen molar-refractivity contribution in [2.45, 2.75) is 17.9 Å². The average Bonchev–Trinajstić information content (AvgIpc) is 3.07. The number of hydrogen-bond acceptors (Lipinski definition) is 9. The molecule has 2 N–H and O–H groups in total. The number of aromatic nitrogens is 2. The molecule has 0 unspecified atom stereocenters. The van der Waals surface area contributed by atoms with Crippen molar-refractivity contribution in [2.24, 2.45) is 4.99 Å². The van der Waals surface area contributed by atoms with Gasteiger partial charge in [-0.25, -0.2) is 22.4 Å². The molecule has 0 fully saturated rings. The van der Waals surface area contributed by atoms with Gasteiger partial charge in [0, 0.05) is 18.4 Å². The van der Waals surface area contributed by atoms with Crippen molar-refractivity contribution < 1.29 is 27.4 Å². The van der Waals surface area contributed by atoms with Crippen LogP contribution in [0.4, 0.5) is 10.1 Å². The van der Waals surface area contributed by atoms with Gasteiger partial charge >= 0.3 is 0 Å². The molecule has 0 atom stereocenters. The molecule has 9 nitrogen and oxygen atoms in total. The lowest BCUT2D eigenvalue weighted by atomic mass is 10.2. The molecule has 0 aliphatic heterocycles. The fourth-order valence-corrected chi connectivity index (χ4v) is 3.98. The largest absolute Gasteiger partial charge is 0.299 e. The molecule has 0 saturated heterocycles. The van der Waals surface area contributed by atoms with E-state index in [1.54, 1.807) is 6.07 Å². The Morgan fingerprint density at radius 1 is 1.43 bits per heavy atom. The number of ketones is 1. The number of carbonyl (C=O) groups is 1. The monoisotopic (exact) mass is 494 g/mol. The molecule has 152 valence electrons. The van der Waals surface area contributed by atoms with Crippen molar-refractivity contribution in [1.82, 2.24) is 15.8 Å². The van der Waals surface area contributed by atoms with Crippen LogP contribution >= 0.6 is 27.7 Å². The molecular formula is C15H16BrFN4O5S2. The van der Waals surface area contributed by atoms with Crippen molar-refractivity contribution in [1.29, 1.82) is 0 Å². The summed E-state index contributed by atoms with van der Waals surface area (Å²) < 4.78 is 41.1. The van der Waals surface area contributed by atoms with Crippen LogP contribution in [0.25, 0.3) is 0 Å². The van der Waals surface area contributed by atoms with E-state index in [-0.39, 0.29) is 38.9 Å². The van der Waals surface area contributed by atoms with Crippen LogP contribution in [0.3, 0.4) is 0 Å². The molecule has 1 heterocycles. The maximum atomic E-state index is 14.1. The summed E-state index contributed by atoms with van der Waals surface area (Å²) in [6.07, 6.45) is 1.51. The molecule has 0 spiro atoms. The molecule has 0 aliphatic carbocycles. The van der Waals surface area contributed by atoms with Crippen LogP contribution in [-0.2, 0) is 14.6 Å². The van der Waals surface area contributed by atoms with Crippen molar-refractivity contribution in [2.75, 3.05) is 17.8 Å². The number of sulfone groups is 1. The number of nitrogens with zero attached hydrogens (tertiary/aromatic N) is 3. The molecule has 1 aromatic carbocycles. The van der Waals surface area contributed by atoms with Gasteiger partial charge in [0.25, 0.3) is 0 Å². The highest BCUT2D eigenvalue weighted by Gasteiger charge is 2.18. The minimum Gasteiger partial charge on any atom is -0.299 e. The van der Waals surface area contributed by atoms with Crippen LogP contribution in [0.5, 0.6) is 0 Å². The van der Waals surface area contributed by atoms with E-state index in [1.807, 2.05) is 5.48 Å². The number of hydroxylamine groups is 1. The number of benzene rings is 1. The first-order valence-corrected chi connectivity index (χ1v) is 11.6. The first-order valence-electron chi connectivity index (χ1n) is 7.79. The second kappa shape index (κ2) is 10.1. The lowest BCUT2D eigenvalue weighted by Crippen LogP contribution is -2.21. The SMILES string of the molecule is CS(=O)(=O)CC(=O)CCCSc1nonc1C(=Nc1cccc(Br)c1F)NO. The molecule has 0 saturated carbocycles. The zero-order chi connectivity index (χ0) is 20.7. The number of hydrogen-bond donors (Lipinski definition) is 2. The quantitative estimate of drug-likeness (QED) is 0.177. The van der Waals surface area contributed by atoms with E-state index in [0.717, 1.165) is 6.26 Å². The minimum absolute atomic E-state index is 0.0451. The lowest BCUT2D eigenvalue weighted by molar-refractivity contribution is -0.116. The summed E-state index contributed by atoms with van der Waals surface area (Å²) in [4.78, 5) is 15.6. The maximum absolute atomic E-state index is 14.1. The van der Waals surface area contributed by atoms with E-state index in [4.69, 9.17) is 0 Å². The number of thioether (sulfide) groups is 1. The van der Waals surface area contributed by atoms with Gasteiger partial charge in [-0.1, -0.05) is 6.07 Å². The Labute approximate surface area is 172 Å². The van der Waals surface area contributed by atoms with Gasteiger partial charge in [-0.15, -0.1) is 11.8 Å². The zero-order valence-corrected chi connectivity index (χ0v) is 17.8. The zero-order valence-electron chi connectivity index (χ0n) is 14.6. The molecule has 2 aromatic rings. The molecule has 0 bridgehead atoms. The van der Waals surface area contributed by atoms with Crippen molar-refractivity contribution in [3.63, 3.8) is 0 Å². The van der Waals surface area contributed by atoms with Gasteiger partial charge in [0.05, 0.1) is 4.47 Å². The summed E-state index contributed by atoms with van der Waals surface area (Å²) >= 11 is 4.22. The first-order chi connectivity index (χ1) is 13.2. The molecule has 1 aromatic heterocycles. The molecule has 28 heavy (non-hydrogen) atoms. The second-order valence-electron chi connectivity index (χ2n) is 5.62. The summed E-state index contributed by atoms with van der Waals surface area (Å²) in [5, 5.41) is 17.0. The van der Waals surface area contributed by atoms with Crippen LogP contribution in [0.2, 0.25) is 0 Å². The van der Waals surface area contributed by atoms with E-state index in [2.05, 4.69) is 35.9 Å². The fraction of sp³-hybridized carbons (Fsp3) is 0.333. The number of nitrogens with one attached hydrogen (secondary N) is 1. The molecular weight excluding hydrogens is 479 g/mol. The van der Waals surface area contributed by atoms with E-state index in [1.165, 1.54) is 23.9 Å². The Balaban J connectivity index is 2.04. The highest BCUT2D eigenvalue weighted by atomic mass is 79.9. The van der Waals surface area contributed by atoms with E-state index >= 15 is 0 Å². The van der Waals surface area contributed by atoms with E-state index in [9.17, 15) is 22.8 Å². The number of Topliss-reactive ketones (excluding diaryl/α,β-unsaturated/α-hetero) is 1. The standard InChI is InChI=1S/C15H16BrFN4O5S2/c1-28(24,25)8-9(22)4-3-7-27-15-13(20-26-21-15)14(19-23)18-11-6-2-5-10(16)12(11)17/h2,5-6,23H,3-4,7-8H2,1H3,(H,18,19). The Kier molecular flexibility index (Phi) is 8.10. The van der Waals surface area contributed by atoms with Gasteiger partial charge < -0.3 is 0 Å². The summed E-state index contributed by atoms with van der Waals surface area (Å²) in [7, 11) is -3.34. The topological polar surface area (TPSA) is 135 Å². The summed E-state index contributed by atoms with van der Waals surface area (Å²) in [5.41, 5.74) is 1.86. The molecule has 0 amide bonds. The van der Waals surface area contributed by atoms with Crippen molar-refractivity contribution in [3.8, 4) is 0 Å². The number of carbonyl (C=O) groups excluding carboxylic acids is 1. The minimum atomic E-state index is -3.34. The Hall–Kier alpha value is -1.83. The third-order valence-electron chi connectivity index (χ3n) is 3.21. The maximum Gasteiger partial charge on any atom is 0.186 e. The third-order valence-corrected chi connectivity index (χ3v) is 5.71. The van der Waals surface area contributed by atoms with Crippen molar-refractivity contribution in [3.05, 3.63) is 34.2 Å². The van der Waals surface area contributed by atoms with Crippen molar-refractivity contribution >= 4 is 54.8 Å². The van der Waals surface area contributed by atoms with Crippen LogP contribution in [0, 0.1) is 5.82 Å². The molecule has 0 aliphatic rings. The second-order valence-corrected chi connectivity index (χ2v) is 9.70. The van der Waals surface area contributed by atoms with Gasteiger partial charge in [0.2, 0.25) is 0 Å². The molecule has 0 radical (unpaired) electrons. The predicted molar refractivity (Wildman–Crippen MR) is 104 cm³/mol. The number of amidine groups is 1. The van der Waals surface area contributed by atoms with Crippen LogP contribution in [0.1, 0.15) is 18.5 Å². The fourth-order valence-electron chi connectivity index (χ4n) is 2.05. The van der Waals surface area contributed by atoms with Crippen LogP contribution in [-0.4, -0.2) is 53.3 Å². The predicted octanol–water partition coefficient (Wildman–Crippen LogP) is 2.51. The molecule has 2 rings (SSSR count). The van der Waals surface area contributed by atoms with Gasteiger partial charge in [-0.3, -0.25) is 15.5 Å². The Morgan fingerprint density at radius 3 is 2.86 bits per heavy atom. The average molecular weight is 495 g/mol. The van der Waals surface area contributed by atoms with E-state index < -0.39 is 21.4 Å². The number of aliphatic imine (C=N–C) groups is 1. The summed E-state index contributed by atoms with van der Waals surface area (Å²) in [5.74, 6) is -1.23. The Morgan fingerprint density at radius 2 is 2.18 bits per heavy atom. The lowest BCUT2D eigenvalue weighted by Gasteiger charge is -2.04. The summed E-state index contributed by atoms with van der Waals surface area (Å²) in [6, 6.07) is 4.49. The Bertz CT molecular complexity index is 981. The number of rotatable bonds is 9. The molecule has 13 heteroatoms. The van der Waals surface area contributed by atoms with Crippen LogP contribution in [0.15, 0.2) is 37.3 Å². The van der Waals surface area contributed by atoms with Gasteiger partial charge in [-0.05, 0) is 44.8 Å². The van der Waals surface area contributed by atoms with Gasteiger partial charge in [-0.2, -0.15) is 0 Å². The smallest absolute Gasteiger partial charge is 0.186 e. The summed E-state index contributed by atoms with van der Waals surface area (Å²) in [6.45, 7) is 0.